The second kappa shape index (κ2) is 12.0. The first-order valence-corrected chi connectivity index (χ1v) is 15.3. The molecule has 0 aliphatic heterocycles. The number of hydrogen-bond acceptors (Lipinski definition) is 6. The molecule has 0 bridgehead atoms. The number of thioether (sulfide) groups is 1. The van der Waals surface area contributed by atoms with Gasteiger partial charge in [0, 0.05) is 29.3 Å². The van der Waals surface area contributed by atoms with Gasteiger partial charge in [0.1, 0.15) is 0 Å². The van der Waals surface area contributed by atoms with Gasteiger partial charge < -0.3 is 15.7 Å². The van der Waals surface area contributed by atoms with Crippen molar-refractivity contribution in [1.29, 1.82) is 0 Å². The van der Waals surface area contributed by atoms with E-state index in [4.69, 9.17) is 0 Å². The lowest BCUT2D eigenvalue weighted by Gasteiger charge is -2.14. The van der Waals surface area contributed by atoms with Crippen LogP contribution in [0.3, 0.4) is 0 Å². The van der Waals surface area contributed by atoms with E-state index < -0.39 is 11.9 Å². The number of rotatable bonds is 7. The number of aromatic nitrogens is 1. The number of aryl methyl sites for hydroxylation is 1. The second-order valence-corrected chi connectivity index (χ2v) is 13.1. The summed E-state index contributed by atoms with van der Waals surface area (Å²) in [5, 5.41) is 15.4. The Morgan fingerprint density at radius 1 is 0.892 bits per heavy atom. The fourth-order valence-electron chi connectivity index (χ4n) is 3.24. The number of aromatic carboxylic acids is 1. The first-order valence-electron chi connectivity index (χ1n) is 10.4. The van der Waals surface area contributed by atoms with Crippen LogP contribution < -0.4 is 10.6 Å². The van der Waals surface area contributed by atoms with Gasteiger partial charge in [-0.05, 0) is 101 Å². The maximum Gasteiger partial charge on any atom is 0.337 e. The van der Waals surface area contributed by atoms with Crippen LogP contribution in [0.4, 0.5) is 11.4 Å². The molecular weight excluding hydrogens is 778 g/mol. The monoisotopic (exact) mass is 789 g/mol. The highest BCUT2D eigenvalue weighted by Gasteiger charge is 2.28. The summed E-state index contributed by atoms with van der Waals surface area (Å²) in [6, 6.07) is 12.8. The lowest BCUT2D eigenvalue weighted by Crippen LogP contribution is -2.18. The quantitative estimate of drug-likeness (QED) is 0.0988. The molecule has 0 unspecified atom stereocenters. The SMILES string of the molecule is Cc1ccc(NC(=O)CSc2nc3ccc(NC(=O)c4c(Br)c(Br)c(Br)c(Br)c4C(=O)O)cc3s2)cc1. The highest BCUT2D eigenvalue weighted by atomic mass is 79.9. The molecule has 1 heterocycles. The minimum Gasteiger partial charge on any atom is -0.478 e. The van der Waals surface area contributed by atoms with Gasteiger partial charge in [0.15, 0.2) is 4.34 Å². The Hall–Kier alpha value is -1.77. The lowest BCUT2D eigenvalue weighted by molar-refractivity contribution is -0.113. The van der Waals surface area contributed by atoms with Gasteiger partial charge in [-0.25, -0.2) is 9.78 Å². The summed E-state index contributed by atoms with van der Waals surface area (Å²) in [5.74, 6) is -1.77. The molecule has 0 atom stereocenters. The maximum absolute atomic E-state index is 13.1. The number of carbonyl (C=O) groups excluding carboxylic acids is 2. The maximum atomic E-state index is 13.1. The average Bonchev–Trinajstić information content (AvgIpc) is 3.27. The minimum absolute atomic E-state index is 0.0327. The molecule has 2 amide bonds. The lowest BCUT2D eigenvalue weighted by atomic mass is 10.1. The number of halogens is 4. The first kappa shape index (κ1) is 28.2. The summed E-state index contributed by atoms with van der Waals surface area (Å²) < 4.78 is 3.05. The number of hydrogen-bond donors (Lipinski definition) is 3. The molecule has 3 N–H and O–H groups in total. The fraction of sp³-hybridized carbons (Fsp3) is 0.0833. The van der Waals surface area contributed by atoms with Crippen molar-refractivity contribution in [2.75, 3.05) is 16.4 Å². The first-order chi connectivity index (χ1) is 17.5. The van der Waals surface area contributed by atoms with Crippen LogP contribution in [0.5, 0.6) is 0 Å². The topological polar surface area (TPSA) is 108 Å². The largest absolute Gasteiger partial charge is 0.478 e. The molecule has 0 aliphatic rings. The van der Waals surface area contributed by atoms with E-state index >= 15 is 0 Å². The Kier molecular flexibility index (Phi) is 9.13. The summed E-state index contributed by atoms with van der Waals surface area (Å²) in [6.07, 6.45) is 0. The number of amides is 2. The number of benzene rings is 3. The van der Waals surface area contributed by atoms with Crippen molar-refractivity contribution in [1.82, 2.24) is 4.98 Å². The number of thiazole rings is 1. The Bertz CT molecular complexity index is 1560. The molecule has 37 heavy (non-hydrogen) atoms. The molecule has 3 aromatic carbocycles. The summed E-state index contributed by atoms with van der Waals surface area (Å²) in [7, 11) is 0. The number of fused-ring (bicyclic) bond motifs is 1. The standard InChI is InChI=1S/C24H15Br4N3O4S2/c1-10-2-4-11(5-3-10)29-15(32)9-36-24-31-13-7-6-12(8-14(13)37-24)30-22(33)16-17(23(34)35)19(26)21(28)20(27)18(16)25/h2-8H,9H2,1H3,(H,29,32)(H,30,33)(H,34,35). The van der Waals surface area contributed by atoms with Crippen molar-refractivity contribution in [3.8, 4) is 0 Å². The molecule has 13 heteroatoms. The van der Waals surface area contributed by atoms with Gasteiger partial charge in [-0.2, -0.15) is 0 Å². The zero-order valence-electron chi connectivity index (χ0n) is 18.7. The number of nitrogens with one attached hydrogen (secondary N) is 2. The van der Waals surface area contributed by atoms with Gasteiger partial charge in [0.2, 0.25) is 5.91 Å². The van der Waals surface area contributed by atoms with E-state index in [-0.39, 0.29) is 27.3 Å². The molecule has 0 aliphatic carbocycles. The smallest absolute Gasteiger partial charge is 0.337 e. The minimum atomic E-state index is -1.25. The predicted octanol–water partition coefficient (Wildman–Crippen LogP) is 8.34. The molecule has 7 nitrogen and oxygen atoms in total. The molecule has 0 fully saturated rings. The van der Waals surface area contributed by atoms with Crippen LogP contribution in [0.2, 0.25) is 0 Å². The normalized spacial score (nSPS) is 10.9. The molecule has 0 spiro atoms. The molecule has 1 aromatic heterocycles. The van der Waals surface area contributed by atoms with Crippen LogP contribution in [-0.2, 0) is 4.79 Å². The summed E-state index contributed by atoms with van der Waals surface area (Å²) >= 11 is 16.0. The van der Waals surface area contributed by atoms with Gasteiger partial charge >= 0.3 is 5.97 Å². The third-order valence-electron chi connectivity index (χ3n) is 5.00. The van der Waals surface area contributed by atoms with Gasteiger partial charge in [-0.1, -0.05) is 29.5 Å². The number of nitrogens with zero attached hydrogens (tertiary/aromatic N) is 1. The van der Waals surface area contributed by atoms with E-state index in [1.807, 2.05) is 31.2 Å². The zero-order chi connectivity index (χ0) is 26.9. The zero-order valence-corrected chi connectivity index (χ0v) is 26.7. The second-order valence-electron chi connectivity index (χ2n) is 7.63. The van der Waals surface area contributed by atoms with Gasteiger partial charge in [0.25, 0.3) is 5.91 Å². The molecule has 4 aromatic rings. The van der Waals surface area contributed by atoms with E-state index in [1.165, 1.54) is 23.1 Å². The van der Waals surface area contributed by atoms with Crippen LogP contribution in [-0.4, -0.2) is 33.6 Å². The average molecular weight is 793 g/mol. The summed E-state index contributed by atoms with van der Waals surface area (Å²) in [5.41, 5.74) is 2.85. The van der Waals surface area contributed by atoms with Crippen LogP contribution in [0.1, 0.15) is 26.3 Å². The molecule has 4 rings (SSSR count). The number of carbonyl (C=O) groups is 3. The van der Waals surface area contributed by atoms with Crippen molar-refractivity contribution in [3.63, 3.8) is 0 Å². The molecule has 190 valence electrons. The molecule has 0 saturated heterocycles. The fourth-order valence-corrected chi connectivity index (χ4v) is 7.62. The summed E-state index contributed by atoms with van der Waals surface area (Å²) in [4.78, 5) is 41.9. The Balaban J connectivity index is 1.49. The van der Waals surface area contributed by atoms with Crippen LogP contribution >= 0.6 is 86.8 Å². The highest BCUT2D eigenvalue weighted by molar-refractivity contribution is 9.15. The van der Waals surface area contributed by atoms with Crippen molar-refractivity contribution in [2.45, 2.75) is 11.3 Å². The highest BCUT2D eigenvalue weighted by Crippen LogP contribution is 2.42. The van der Waals surface area contributed by atoms with Crippen molar-refractivity contribution < 1.29 is 19.5 Å². The molecule has 0 saturated carbocycles. The van der Waals surface area contributed by atoms with Gasteiger partial charge in [-0.3, -0.25) is 9.59 Å². The van der Waals surface area contributed by atoms with E-state index in [2.05, 4.69) is 79.3 Å². The Morgan fingerprint density at radius 3 is 2.16 bits per heavy atom. The third-order valence-corrected chi connectivity index (χ3v) is 11.9. The molecular formula is C24H15Br4N3O4S2. The number of carboxylic acid groups (broad SMARTS) is 1. The molecule has 0 radical (unpaired) electrons. The van der Waals surface area contributed by atoms with E-state index in [1.54, 1.807) is 18.2 Å². The summed E-state index contributed by atoms with van der Waals surface area (Å²) in [6.45, 7) is 1.98. The van der Waals surface area contributed by atoms with E-state index in [0.717, 1.165) is 21.5 Å². The van der Waals surface area contributed by atoms with Crippen LogP contribution in [0.25, 0.3) is 10.2 Å². The van der Waals surface area contributed by atoms with E-state index in [0.29, 0.717) is 23.4 Å². The van der Waals surface area contributed by atoms with E-state index in [9.17, 15) is 19.5 Å². The third kappa shape index (κ3) is 6.45. The van der Waals surface area contributed by atoms with Crippen LogP contribution in [0, 0.1) is 6.92 Å². The van der Waals surface area contributed by atoms with Crippen LogP contribution in [0.15, 0.2) is 64.7 Å². The van der Waals surface area contributed by atoms with Gasteiger partial charge in [0.05, 0.1) is 27.1 Å². The van der Waals surface area contributed by atoms with Crippen molar-refractivity contribution in [2.24, 2.45) is 0 Å². The number of anilines is 2. The Labute approximate surface area is 253 Å². The number of carboxylic acids is 1. The predicted molar refractivity (Wildman–Crippen MR) is 162 cm³/mol. The van der Waals surface area contributed by atoms with Crippen molar-refractivity contribution >= 4 is 126 Å². The van der Waals surface area contributed by atoms with Crippen molar-refractivity contribution in [3.05, 3.63) is 77.0 Å². The van der Waals surface area contributed by atoms with Gasteiger partial charge in [-0.15, -0.1) is 11.3 Å². The Morgan fingerprint density at radius 2 is 1.51 bits per heavy atom.